The minimum Gasteiger partial charge on any atom is -0.351 e. The molecule has 1 unspecified atom stereocenters. The third-order valence-electron chi connectivity index (χ3n) is 4.92. The van der Waals surface area contributed by atoms with Gasteiger partial charge >= 0.3 is 0 Å². The summed E-state index contributed by atoms with van der Waals surface area (Å²) < 4.78 is 0.766. The monoisotopic (exact) mass is 472 g/mol. The van der Waals surface area contributed by atoms with E-state index in [2.05, 4.69) is 21.2 Å². The number of carbonyl (C=O) groups excluding carboxylic acids is 3. The molecule has 0 saturated carbocycles. The van der Waals surface area contributed by atoms with Crippen LogP contribution in [0.1, 0.15) is 32.7 Å². The highest BCUT2D eigenvalue weighted by molar-refractivity contribution is 9.10. The smallest absolute Gasteiger partial charge is 0.263 e. The number of hydrogen-bond donors (Lipinski definition) is 2. The first-order valence-corrected chi connectivity index (χ1v) is 10.6. The van der Waals surface area contributed by atoms with Gasteiger partial charge in [-0.1, -0.05) is 39.7 Å². The molecule has 1 saturated heterocycles. The van der Waals surface area contributed by atoms with E-state index < -0.39 is 12.1 Å². The van der Waals surface area contributed by atoms with Crippen molar-refractivity contribution >= 4 is 33.7 Å². The second-order valence-corrected chi connectivity index (χ2v) is 8.10. The molecule has 1 aliphatic rings. The van der Waals surface area contributed by atoms with E-state index in [1.54, 1.807) is 36.4 Å². The van der Waals surface area contributed by atoms with Gasteiger partial charge in [-0.3, -0.25) is 14.4 Å². The lowest BCUT2D eigenvalue weighted by molar-refractivity contribution is -0.132. The van der Waals surface area contributed by atoms with Crippen molar-refractivity contribution in [2.24, 2.45) is 5.73 Å². The molecule has 8 heteroatoms. The SMILES string of the molecule is Cc1cccc(C(=O)N2CCCN(C(=O)c3cccc(Br)c3)C2C(=O)NCCN)c1. The molecule has 1 aliphatic heterocycles. The van der Waals surface area contributed by atoms with Crippen molar-refractivity contribution in [3.8, 4) is 0 Å². The number of rotatable bonds is 5. The molecular weight excluding hydrogens is 448 g/mol. The minimum atomic E-state index is -1.04. The molecule has 0 aromatic heterocycles. The first kappa shape index (κ1) is 22.0. The lowest BCUT2D eigenvalue weighted by atomic mass is 10.1. The fraction of sp³-hybridized carbons (Fsp3) is 0.318. The molecule has 0 bridgehead atoms. The normalized spacial score (nSPS) is 16.3. The van der Waals surface area contributed by atoms with Gasteiger partial charge in [-0.2, -0.15) is 0 Å². The van der Waals surface area contributed by atoms with Crippen LogP contribution in [0, 0.1) is 6.92 Å². The van der Waals surface area contributed by atoms with Crippen LogP contribution in [-0.4, -0.2) is 59.9 Å². The van der Waals surface area contributed by atoms with Crippen LogP contribution in [0.5, 0.6) is 0 Å². The third kappa shape index (κ3) is 4.88. The highest BCUT2D eigenvalue weighted by Gasteiger charge is 2.40. The van der Waals surface area contributed by atoms with E-state index in [-0.39, 0.29) is 24.9 Å². The van der Waals surface area contributed by atoms with Crippen LogP contribution >= 0.6 is 15.9 Å². The molecule has 1 atom stereocenters. The van der Waals surface area contributed by atoms with Crippen LogP contribution in [0.3, 0.4) is 0 Å². The van der Waals surface area contributed by atoms with Crippen LogP contribution in [0.25, 0.3) is 0 Å². The molecule has 3 rings (SSSR count). The molecule has 0 aliphatic carbocycles. The number of nitrogens with one attached hydrogen (secondary N) is 1. The van der Waals surface area contributed by atoms with Crippen molar-refractivity contribution in [2.45, 2.75) is 19.5 Å². The number of nitrogens with two attached hydrogens (primary N) is 1. The highest BCUT2D eigenvalue weighted by atomic mass is 79.9. The van der Waals surface area contributed by atoms with Crippen LogP contribution in [0.4, 0.5) is 0 Å². The van der Waals surface area contributed by atoms with Crippen LogP contribution < -0.4 is 11.1 Å². The van der Waals surface area contributed by atoms with Gasteiger partial charge in [0, 0.05) is 41.8 Å². The summed E-state index contributed by atoms with van der Waals surface area (Å²) in [6.45, 7) is 3.20. The predicted octanol–water partition coefficient (Wildman–Crippen LogP) is 2.15. The number of aryl methyl sites for hydroxylation is 1. The Morgan fingerprint density at radius 3 is 2.20 bits per heavy atom. The second-order valence-electron chi connectivity index (χ2n) is 7.18. The summed E-state index contributed by atoms with van der Waals surface area (Å²) in [6, 6.07) is 14.2. The van der Waals surface area contributed by atoms with Gasteiger partial charge in [0.05, 0.1) is 0 Å². The first-order chi connectivity index (χ1) is 14.4. The van der Waals surface area contributed by atoms with Gasteiger partial charge in [-0.05, 0) is 43.7 Å². The number of hydrogen-bond acceptors (Lipinski definition) is 4. The van der Waals surface area contributed by atoms with Crippen LogP contribution in [0.15, 0.2) is 53.0 Å². The van der Waals surface area contributed by atoms with Gasteiger partial charge in [0.2, 0.25) is 0 Å². The van der Waals surface area contributed by atoms with E-state index in [9.17, 15) is 14.4 Å². The lowest BCUT2D eigenvalue weighted by Crippen LogP contribution is -2.63. The van der Waals surface area contributed by atoms with Crippen molar-refractivity contribution in [3.05, 3.63) is 69.7 Å². The summed E-state index contributed by atoms with van der Waals surface area (Å²) in [6.07, 6.45) is -0.456. The van der Waals surface area contributed by atoms with Gasteiger partial charge in [-0.15, -0.1) is 0 Å². The molecule has 30 heavy (non-hydrogen) atoms. The van der Waals surface area contributed by atoms with E-state index in [0.29, 0.717) is 30.6 Å². The zero-order chi connectivity index (χ0) is 21.7. The topological polar surface area (TPSA) is 95.7 Å². The van der Waals surface area contributed by atoms with Crippen LogP contribution in [-0.2, 0) is 4.79 Å². The van der Waals surface area contributed by atoms with Gasteiger partial charge in [-0.25, -0.2) is 0 Å². The molecule has 1 heterocycles. The van der Waals surface area contributed by atoms with Crippen molar-refractivity contribution in [3.63, 3.8) is 0 Å². The Balaban J connectivity index is 1.96. The molecule has 3 N–H and O–H groups in total. The van der Waals surface area contributed by atoms with Crippen molar-refractivity contribution in [1.29, 1.82) is 0 Å². The molecule has 2 aromatic rings. The highest BCUT2D eigenvalue weighted by Crippen LogP contribution is 2.22. The van der Waals surface area contributed by atoms with Crippen molar-refractivity contribution in [1.82, 2.24) is 15.1 Å². The summed E-state index contributed by atoms with van der Waals surface area (Å²) in [7, 11) is 0. The lowest BCUT2D eigenvalue weighted by Gasteiger charge is -2.42. The van der Waals surface area contributed by atoms with E-state index in [4.69, 9.17) is 5.73 Å². The average Bonchev–Trinajstić information content (AvgIpc) is 2.76. The Labute approximate surface area is 184 Å². The molecule has 1 fully saturated rings. The quantitative estimate of drug-likeness (QED) is 0.696. The summed E-state index contributed by atoms with van der Waals surface area (Å²) in [5.74, 6) is -0.992. The fourth-order valence-corrected chi connectivity index (χ4v) is 3.95. The maximum absolute atomic E-state index is 13.3. The Morgan fingerprint density at radius 1 is 1.03 bits per heavy atom. The largest absolute Gasteiger partial charge is 0.351 e. The second kappa shape index (κ2) is 9.86. The molecule has 0 radical (unpaired) electrons. The fourth-order valence-electron chi connectivity index (χ4n) is 3.55. The van der Waals surface area contributed by atoms with E-state index in [1.165, 1.54) is 9.80 Å². The molecule has 0 spiro atoms. The van der Waals surface area contributed by atoms with E-state index in [0.717, 1.165) is 10.0 Å². The first-order valence-electron chi connectivity index (χ1n) is 9.84. The Morgan fingerprint density at radius 2 is 1.63 bits per heavy atom. The summed E-state index contributed by atoms with van der Waals surface area (Å²) in [5, 5.41) is 2.74. The van der Waals surface area contributed by atoms with Gasteiger partial charge in [0.1, 0.15) is 0 Å². The average molecular weight is 473 g/mol. The molecular formula is C22H25BrN4O3. The number of carbonyl (C=O) groups is 3. The molecule has 7 nitrogen and oxygen atoms in total. The Hall–Kier alpha value is -2.71. The van der Waals surface area contributed by atoms with Gasteiger partial charge in [0.15, 0.2) is 6.17 Å². The standard InChI is InChI=1S/C22H25BrN4O3/c1-15-5-2-6-16(13-15)21(29)26-11-4-12-27(20(26)19(28)25-10-9-24)22(30)17-7-3-8-18(23)14-17/h2-3,5-8,13-14,20H,4,9-12,24H2,1H3,(H,25,28). The zero-order valence-electron chi connectivity index (χ0n) is 16.8. The number of nitrogens with zero attached hydrogens (tertiary/aromatic N) is 2. The number of amides is 3. The maximum Gasteiger partial charge on any atom is 0.263 e. The van der Waals surface area contributed by atoms with E-state index in [1.807, 2.05) is 19.1 Å². The molecule has 3 amide bonds. The number of halogens is 1. The van der Waals surface area contributed by atoms with Gasteiger partial charge < -0.3 is 20.9 Å². The molecule has 158 valence electrons. The molecule has 2 aromatic carbocycles. The summed E-state index contributed by atoms with van der Waals surface area (Å²) >= 11 is 3.38. The van der Waals surface area contributed by atoms with Gasteiger partial charge in [0.25, 0.3) is 17.7 Å². The Kier molecular flexibility index (Phi) is 7.23. The maximum atomic E-state index is 13.3. The van der Waals surface area contributed by atoms with E-state index >= 15 is 0 Å². The minimum absolute atomic E-state index is 0.265. The summed E-state index contributed by atoms with van der Waals surface area (Å²) in [5.41, 5.74) is 7.42. The van der Waals surface area contributed by atoms with Crippen molar-refractivity contribution < 1.29 is 14.4 Å². The van der Waals surface area contributed by atoms with Crippen LogP contribution in [0.2, 0.25) is 0 Å². The Bertz CT molecular complexity index is 884. The zero-order valence-corrected chi connectivity index (χ0v) is 18.4. The van der Waals surface area contributed by atoms with Crippen molar-refractivity contribution in [2.75, 3.05) is 26.2 Å². The predicted molar refractivity (Wildman–Crippen MR) is 118 cm³/mol. The number of benzene rings is 2. The summed E-state index contributed by atoms with van der Waals surface area (Å²) in [4.78, 5) is 42.5. The third-order valence-corrected chi connectivity index (χ3v) is 5.42.